The van der Waals surface area contributed by atoms with Crippen LogP contribution in [0.5, 0.6) is 0 Å². The first-order valence-electron chi connectivity index (χ1n) is 9.12. The Morgan fingerprint density at radius 1 is 1.19 bits per heavy atom. The van der Waals surface area contributed by atoms with Crippen molar-refractivity contribution in [2.45, 2.75) is 52.5 Å². The molecule has 6 heteroatoms. The van der Waals surface area contributed by atoms with Crippen LogP contribution in [0.15, 0.2) is 30.3 Å². The summed E-state index contributed by atoms with van der Waals surface area (Å²) in [5, 5.41) is 12.0. The molecule has 0 saturated carbocycles. The molecule has 144 valence electrons. The number of nitrogens with one attached hydrogen (secondary N) is 2. The Balaban J connectivity index is 2.23. The van der Waals surface area contributed by atoms with Crippen molar-refractivity contribution in [1.82, 2.24) is 10.3 Å². The summed E-state index contributed by atoms with van der Waals surface area (Å²) in [4.78, 5) is 38.8. The van der Waals surface area contributed by atoms with Gasteiger partial charge in [0.2, 0.25) is 0 Å². The molecule has 1 atom stereocenters. The zero-order valence-electron chi connectivity index (χ0n) is 16.0. The molecule has 2 rings (SSSR count). The Labute approximate surface area is 159 Å². The molecule has 27 heavy (non-hydrogen) atoms. The molecule has 0 saturated heterocycles. The van der Waals surface area contributed by atoms with Gasteiger partial charge in [0, 0.05) is 23.7 Å². The number of ketones is 1. The summed E-state index contributed by atoms with van der Waals surface area (Å²) in [6.45, 7) is 5.17. The van der Waals surface area contributed by atoms with Crippen molar-refractivity contribution in [2.75, 3.05) is 0 Å². The molecular weight excluding hydrogens is 344 g/mol. The molecule has 2 aromatic rings. The van der Waals surface area contributed by atoms with Gasteiger partial charge in [-0.15, -0.1) is 0 Å². The monoisotopic (exact) mass is 370 g/mol. The minimum atomic E-state index is -0.897. The van der Waals surface area contributed by atoms with E-state index in [0.29, 0.717) is 41.8 Å². The zero-order chi connectivity index (χ0) is 20.0. The van der Waals surface area contributed by atoms with Gasteiger partial charge in [-0.25, -0.2) is 0 Å². The molecule has 1 amide bonds. The van der Waals surface area contributed by atoms with Crippen LogP contribution < -0.4 is 5.32 Å². The van der Waals surface area contributed by atoms with E-state index in [2.05, 4.69) is 10.3 Å². The van der Waals surface area contributed by atoms with Crippen molar-refractivity contribution < 1.29 is 19.5 Å². The zero-order valence-corrected chi connectivity index (χ0v) is 16.0. The lowest BCUT2D eigenvalue weighted by Gasteiger charge is -2.18. The van der Waals surface area contributed by atoms with Crippen LogP contribution in [0.1, 0.15) is 64.4 Å². The lowest BCUT2D eigenvalue weighted by Crippen LogP contribution is -2.37. The van der Waals surface area contributed by atoms with Gasteiger partial charge in [-0.05, 0) is 44.2 Å². The molecule has 0 fully saturated rings. The van der Waals surface area contributed by atoms with Crippen LogP contribution in [0.2, 0.25) is 0 Å². The summed E-state index contributed by atoms with van der Waals surface area (Å²) < 4.78 is 0. The highest BCUT2D eigenvalue weighted by Crippen LogP contribution is 2.21. The number of rotatable bonds is 9. The Kier molecular flexibility index (Phi) is 6.93. The summed E-state index contributed by atoms with van der Waals surface area (Å²) in [5.41, 5.74) is 3.35. The van der Waals surface area contributed by atoms with Crippen LogP contribution in [-0.4, -0.2) is 33.8 Å². The van der Waals surface area contributed by atoms with Gasteiger partial charge in [-0.1, -0.05) is 37.3 Å². The molecule has 0 bridgehead atoms. The van der Waals surface area contributed by atoms with Crippen LogP contribution in [-0.2, 0) is 17.6 Å². The first-order chi connectivity index (χ1) is 12.8. The van der Waals surface area contributed by atoms with E-state index in [1.807, 2.05) is 37.3 Å². The fourth-order valence-electron chi connectivity index (χ4n) is 3.38. The van der Waals surface area contributed by atoms with E-state index in [-0.39, 0.29) is 24.2 Å². The fourth-order valence-corrected chi connectivity index (χ4v) is 3.38. The fraction of sp³-hybridized carbons (Fsp3) is 0.381. The number of carbonyl (C=O) groups excluding carboxylic acids is 2. The molecule has 0 aliphatic rings. The largest absolute Gasteiger partial charge is 0.481 e. The van der Waals surface area contributed by atoms with Gasteiger partial charge in [0.1, 0.15) is 5.69 Å². The molecule has 6 nitrogen and oxygen atoms in total. The predicted molar refractivity (Wildman–Crippen MR) is 103 cm³/mol. The lowest BCUT2D eigenvalue weighted by molar-refractivity contribution is -0.137. The summed E-state index contributed by atoms with van der Waals surface area (Å²) >= 11 is 0. The highest BCUT2D eigenvalue weighted by Gasteiger charge is 2.23. The van der Waals surface area contributed by atoms with Crippen molar-refractivity contribution in [1.29, 1.82) is 0 Å². The van der Waals surface area contributed by atoms with E-state index in [0.717, 1.165) is 5.56 Å². The third-order valence-corrected chi connectivity index (χ3v) is 4.59. The summed E-state index contributed by atoms with van der Waals surface area (Å²) in [5.74, 6) is -1.29. The topological polar surface area (TPSA) is 99.3 Å². The highest BCUT2D eigenvalue weighted by atomic mass is 16.4. The number of H-pyrrole nitrogens is 1. The van der Waals surface area contributed by atoms with Crippen molar-refractivity contribution >= 4 is 17.7 Å². The maximum atomic E-state index is 12.9. The van der Waals surface area contributed by atoms with Crippen LogP contribution >= 0.6 is 0 Å². The van der Waals surface area contributed by atoms with Gasteiger partial charge >= 0.3 is 5.97 Å². The van der Waals surface area contributed by atoms with Gasteiger partial charge < -0.3 is 15.4 Å². The third-order valence-electron chi connectivity index (χ3n) is 4.59. The average Bonchev–Trinajstić information content (AvgIpc) is 2.97. The maximum Gasteiger partial charge on any atom is 0.303 e. The van der Waals surface area contributed by atoms with Gasteiger partial charge in [0.15, 0.2) is 5.78 Å². The number of aromatic nitrogens is 1. The summed E-state index contributed by atoms with van der Waals surface area (Å²) in [6, 6.07) is 9.31. The average molecular weight is 370 g/mol. The lowest BCUT2D eigenvalue weighted by atomic mass is 10.0. The Morgan fingerprint density at radius 2 is 1.85 bits per heavy atom. The number of amides is 1. The molecule has 0 aliphatic heterocycles. The molecule has 1 aromatic carbocycles. The van der Waals surface area contributed by atoms with Gasteiger partial charge in [-0.2, -0.15) is 0 Å². The van der Waals surface area contributed by atoms with Gasteiger partial charge in [0.25, 0.3) is 5.91 Å². The number of hydrogen-bond donors (Lipinski definition) is 3. The van der Waals surface area contributed by atoms with E-state index in [1.54, 1.807) is 6.92 Å². The second kappa shape index (κ2) is 9.16. The normalized spacial score (nSPS) is 11.8. The Hall–Kier alpha value is -2.89. The molecule has 0 radical (unpaired) electrons. The minimum absolute atomic E-state index is 0.0269. The summed E-state index contributed by atoms with van der Waals surface area (Å²) in [6.07, 6.45) is 1.40. The minimum Gasteiger partial charge on any atom is -0.481 e. The van der Waals surface area contributed by atoms with Crippen molar-refractivity contribution in [3.8, 4) is 0 Å². The second-order valence-electron chi connectivity index (χ2n) is 6.68. The van der Waals surface area contributed by atoms with Crippen molar-refractivity contribution in [2.24, 2.45) is 0 Å². The summed E-state index contributed by atoms with van der Waals surface area (Å²) in [7, 11) is 0. The number of aromatic amines is 1. The van der Waals surface area contributed by atoms with E-state index in [4.69, 9.17) is 5.11 Å². The molecule has 1 aromatic heterocycles. The van der Waals surface area contributed by atoms with E-state index in [1.165, 1.54) is 6.92 Å². The maximum absolute atomic E-state index is 12.9. The number of aliphatic carboxylic acids is 1. The van der Waals surface area contributed by atoms with Crippen molar-refractivity contribution in [3.63, 3.8) is 0 Å². The van der Waals surface area contributed by atoms with Crippen LogP contribution in [0.4, 0.5) is 0 Å². The second-order valence-corrected chi connectivity index (χ2v) is 6.68. The number of carboxylic acids is 1. The van der Waals surface area contributed by atoms with Crippen molar-refractivity contribution in [3.05, 3.63) is 58.4 Å². The number of aryl methyl sites for hydroxylation is 1. The number of hydrogen-bond acceptors (Lipinski definition) is 3. The third kappa shape index (κ3) is 5.29. The van der Waals surface area contributed by atoms with E-state index >= 15 is 0 Å². The van der Waals surface area contributed by atoms with E-state index < -0.39 is 5.97 Å². The Bertz CT molecular complexity index is 824. The number of carbonyl (C=O) groups is 3. The molecule has 0 spiro atoms. The molecular formula is C21H26N2O4. The standard InChI is InChI=1S/C21H26N2O4/c1-4-17-19(14(3)24)13(2)22-20(17)21(27)23-16(10-11-18(25)26)12-15-8-6-5-7-9-15/h5-9,16,22H,4,10-12H2,1-3H3,(H,23,27)(H,25,26). The van der Waals surface area contributed by atoms with Crippen LogP contribution in [0, 0.1) is 6.92 Å². The van der Waals surface area contributed by atoms with Crippen LogP contribution in [0.25, 0.3) is 0 Å². The molecule has 1 heterocycles. The number of Topliss-reactive ketones (excluding diaryl/α,β-unsaturated/α-hetero) is 1. The SMILES string of the molecule is CCc1c(C(=O)NC(CCC(=O)O)Cc2ccccc2)[nH]c(C)c1C(C)=O. The van der Waals surface area contributed by atoms with Crippen LogP contribution in [0.3, 0.4) is 0 Å². The quantitative estimate of drug-likeness (QED) is 0.590. The molecule has 1 unspecified atom stereocenters. The number of benzene rings is 1. The predicted octanol–water partition coefficient (Wildman–Crippen LogP) is 3.29. The number of carboxylic acid groups (broad SMARTS) is 1. The first kappa shape index (κ1) is 20.4. The van der Waals surface area contributed by atoms with E-state index in [9.17, 15) is 14.4 Å². The first-order valence-corrected chi connectivity index (χ1v) is 9.12. The van der Waals surface area contributed by atoms with Gasteiger partial charge in [-0.3, -0.25) is 14.4 Å². The Morgan fingerprint density at radius 3 is 2.41 bits per heavy atom. The molecule has 3 N–H and O–H groups in total. The van der Waals surface area contributed by atoms with Gasteiger partial charge in [0.05, 0.1) is 0 Å². The highest BCUT2D eigenvalue weighted by molar-refractivity contribution is 6.02. The smallest absolute Gasteiger partial charge is 0.303 e. The molecule has 0 aliphatic carbocycles.